The molecule has 1 atom stereocenters. The minimum absolute atomic E-state index is 0.0974. The van der Waals surface area contributed by atoms with Crippen molar-refractivity contribution < 1.29 is 23.5 Å². The number of nitrogens with one attached hydrogen (secondary N) is 1. The van der Waals surface area contributed by atoms with Crippen LogP contribution in [0.15, 0.2) is 78.9 Å². The van der Waals surface area contributed by atoms with E-state index in [0.717, 1.165) is 5.56 Å². The fourth-order valence-electron chi connectivity index (χ4n) is 3.52. The second-order valence-corrected chi connectivity index (χ2v) is 8.26. The number of hydrogen-bond donors (Lipinski definition) is 1. The first-order chi connectivity index (χ1) is 17.0. The van der Waals surface area contributed by atoms with Crippen LogP contribution in [0.1, 0.15) is 11.1 Å². The third kappa shape index (κ3) is 8.09. The number of nitrogens with zero attached hydrogens (tertiary/aromatic N) is 1. The van der Waals surface area contributed by atoms with Crippen LogP contribution in [-0.4, -0.2) is 49.6 Å². The van der Waals surface area contributed by atoms with Gasteiger partial charge in [-0.15, -0.1) is 0 Å². The summed E-state index contributed by atoms with van der Waals surface area (Å²) in [5, 5.41) is 3.22. The Morgan fingerprint density at radius 2 is 1.66 bits per heavy atom. The SMILES string of the molecule is COCCNC(=O)[C@@H](Cc1ccccc1)N(Cc1ccc(F)cc1)C(=O)COc1ccccc1Cl. The van der Waals surface area contributed by atoms with Gasteiger partial charge in [0.15, 0.2) is 6.61 Å². The summed E-state index contributed by atoms with van der Waals surface area (Å²) in [6.07, 6.45) is 0.290. The molecule has 6 nitrogen and oxygen atoms in total. The number of carbonyl (C=O) groups is 2. The average Bonchev–Trinajstić information content (AvgIpc) is 2.87. The molecule has 184 valence electrons. The maximum absolute atomic E-state index is 13.5. The number of carbonyl (C=O) groups excluding carboxylic acids is 2. The number of benzene rings is 3. The van der Waals surface area contributed by atoms with E-state index in [4.69, 9.17) is 21.1 Å². The van der Waals surface area contributed by atoms with Crippen LogP contribution < -0.4 is 10.1 Å². The second-order valence-electron chi connectivity index (χ2n) is 7.86. The molecule has 0 aliphatic carbocycles. The maximum atomic E-state index is 13.5. The molecule has 0 saturated heterocycles. The Morgan fingerprint density at radius 1 is 0.971 bits per heavy atom. The van der Waals surface area contributed by atoms with Gasteiger partial charge in [-0.05, 0) is 35.4 Å². The van der Waals surface area contributed by atoms with Crippen molar-refractivity contribution in [1.82, 2.24) is 10.2 Å². The molecule has 8 heteroatoms. The first-order valence-corrected chi connectivity index (χ1v) is 11.6. The Hall–Kier alpha value is -3.42. The molecular weight excluding hydrogens is 471 g/mol. The van der Waals surface area contributed by atoms with E-state index < -0.39 is 11.9 Å². The van der Waals surface area contributed by atoms with Gasteiger partial charge in [-0.25, -0.2) is 4.39 Å². The number of rotatable bonds is 12. The number of ether oxygens (including phenoxy) is 2. The van der Waals surface area contributed by atoms with Crippen molar-refractivity contribution in [3.05, 3.63) is 101 Å². The Bertz CT molecular complexity index is 1100. The highest BCUT2D eigenvalue weighted by molar-refractivity contribution is 6.32. The molecule has 0 bridgehead atoms. The molecule has 0 unspecified atom stereocenters. The van der Waals surface area contributed by atoms with E-state index in [1.54, 1.807) is 43.5 Å². The Kier molecular flexibility index (Phi) is 10.1. The van der Waals surface area contributed by atoms with Crippen LogP contribution in [0.4, 0.5) is 4.39 Å². The molecule has 0 spiro atoms. The van der Waals surface area contributed by atoms with Crippen LogP contribution in [0.5, 0.6) is 5.75 Å². The lowest BCUT2D eigenvalue weighted by Gasteiger charge is -2.31. The zero-order valence-corrected chi connectivity index (χ0v) is 20.2. The summed E-state index contributed by atoms with van der Waals surface area (Å²) in [6.45, 7) is 0.419. The van der Waals surface area contributed by atoms with Gasteiger partial charge < -0.3 is 19.7 Å². The number of para-hydroxylation sites is 1. The quantitative estimate of drug-likeness (QED) is 0.379. The molecule has 0 fully saturated rings. The highest BCUT2D eigenvalue weighted by Crippen LogP contribution is 2.23. The average molecular weight is 499 g/mol. The first kappa shape index (κ1) is 26.2. The largest absolute Gasteiger partial charge is 0.482 e. The van der Waals surface area contributed by atoms with Crippen LogP contribution in [0.3, 0.4) is 0 Å². The van der Waals surface area contributed by atoms with Gasteiger partial charge in [0.2, 0.25) is 5.91 Å². The molecular formula is C27H28ClFN2O4. The lowest BCUT2D eigenvalue weighted by molar-refractivity contribution is -0.142. The van der Waals surface area contributed by atoms with Crippen molar-refractivity contribution in [3.8, 4) is 5.75 Å². The van der Waals surface area contributed by atoms with E-state index in [1.165, 1.54) is 17.0 Å². The highest BCUT2D eigenvalue weighted by atomic mass is 35.5. The van der Waals surface area contributed by atoms with Gasteiger partial charge in [0.1, 0.15) is 17.6 Å². The van der Waals surface area contributed by atoms with Crippen molar-refractivity contribution in [1.29, 1.82) is 0 Å². The van der Waals surface area contributed by atoms with Gasteiger partial charge in [-0.3, -0.25) is 9.59 Å². The normalized spacial score (nSPS) is 11.5. The third-order valence-corrected chi connectivity index (χ3v) is 5.64. The lowest BCUT2D eigenvalue weighted by atomic mass is 10.0. The van der Waals surface area contributed by atoms with Crippen LogP contribution in [0, 0.1) is 5.82 Å². The molecule has 3 rings (SSSR count). The zero-order chi connectivity index (χ0) is 25.0. The van der Waals surface area contributed by atoms with E-state index in [1.807, 2.05) is 30.3 Å². The molecule has 3 aromatic rings. The van der Waals surface area contributed by atoms with Crippen molar-refractivity contribution in [2.24, 2.45) is 0 Å². The van der Waals surface area contributed by atoms with Crippen molar-refractivity contribution in [2.45, 2.75) is 19.0 Å². The van der Waals surface area contributed by atoms with E-state index in [-0.39, 0.29) is 24.9 Å². The van der Waals surface area contributed by atoms with Gasteiger partial charge in [0.05, 0.1) is 11.6 Å². The van der Waals surface area contributed by atoms with E-state index in [9.17, 15) is 14.0 Å². The van der Waals surface area contributed by atoms with Crippen LogP contribution >= 0.6 is 11.6 Å². The molecule has 0 aliphatic rings. The number of amides is 2. The highest BCUT2D eigenvalue weighted by Gasteiger charge is 2.30. The zero-order valence-electron chi connectivity index (χ0n) is 19.5. The summed E-state index contributed by atoms with van der Waals surface area (Å²) in [7, 11) is 1.55. The number of hydrogen-bond acceptors (Lipinski definition) is 4. The second kappa shape index (κ2) is 13.5. The number of halogens is 2. The fourth-order valence-corrected chi connectivity index (χ4v) is 3.71. The smallest absolute Gasteiger partial charge is 0.261 e. The van der Waals surface area contributed by atoms with Crippen molar-refractivity contribution >= 4 is 23.4 Å². The van der Waals surface area contributed by atoms with Crippen molar-refractivity contribution in [3.63, 3.8) is 0 Å². The predicted molar refractivity (Wildman–Crippen MR) is 133 cm³/mol. The van der Waals surface area contributed by atoms with E-state index in [0.29, 0.717) is 35.9 Å². The molecule has 0 aliphatic heterocycles. The summed E-state index contributed by atoms with van der Waals surface area (Å²) in [6, 6.07) is 21.3. The monoisotopic (exact) mass is 498 g/mol. The van der Waals surface area contributed by atoms with Gasteiger partial charge >= 0.3 is 0 Å². The molecule has 2 amide bonds. The van der Waals surface area contributed by atoms with E-state index >= 15 is 0 Å². The minimum atomic E-state index is -0.832. The molecule has 0 saturated carbocycles. The Labute approximate surface area is 209 Å². The van der Waals surface area contributed by atoms with Gasteiger partial charge in [-0.1, -0.05) is 66.2 Å². The van der Waals surface area contributed by atoms with E-state index in [2.05, 4.69) is 5.32 Å². The summed E-state index contributed by atoms with van der Waals surface area (Å²) in [5.41, 5.74) is 1.57. The molecule has 35 heavy (non-hydrogen) atoms. The lowest BCUT2D eigenvalue weighted by Crippen LogP contribution is -2.52. The van der Waals surface area contributed by atoms with Gasteiger partial charge in [0.25, 0.3) is 5.91 Å². The fraction of sp³-hybridized carbons (Fsp3) is 0.259. The summed E-state index contributed by atoms with van der Waals surface area (Å²) < 4.78 is 24.2. The summed E-state index contributed by atoms with van der Waals surface area (Å²) in [4.78, 5) is 28.2. The Morgan fingerprint density at radius 3 is 2.34 bits per heavy atom. The summed E-state index contributed by atoms with van der Waals surface area (Å²) in [5.74, 6) is -0.739. The standard InChI is InChI=1S/C27H28ClFN2O4/c1-34-16-15-30-27(33)24(17-20-7-3-2-4-8-20)31(18-21-11-13-22(29)14-12-21)26(32)19-35-25-10-6-5-9-23(25)28/h2-14,24H,15-19H2,1H3,(H,30,33)/t24-/m1/s1. The topological polar surface area (TPSA) is 67.9 Å². The molecule has 3 aromatic carbocycles. The summed E-state index contributed by atoms with van der Waals surface area (Å²) >= 11 is 6.16. The van der Waals surface area contributed by atoms with Gasteiger partial charge in [-0.2, -0.15) is 0 Å². The third-order valence-electron chi connectivity index (χ3n) is 5.33. The molecule has 0 radical (unpaired) electrons. The Balaban J connectivity index is 1.88. The number of methoxy groups -OCH3 is 1. The van der Waals surface area contributed by atoms with Crippen LogP contribution in [0.25, 0.3) is 0 Å². The van der Waals surface area contributed by atoms with Crippen molar-refractivity contribution in [2.75, 3.05) is 26.9 Å². The minimum Gasteiger partial charge on any atom is -0.482 e. The molecule has 0 heterocycles. The predicted octanol–water partition coefficient (Wildman–Crippen LogP) is 4.26. The van der Waals surface area contributed by atoms with Crippen LogP contribution in [0.2, 0.25) is 5.02 Å². The first-order valence-electron chi connectivity index (χ1n) is 11.2. The maximum Gasteiger partial charge on any atom is 0.261 e. The van der Waals surface area contributed by atoms with Crippen LogP contribution in [-0.2, 0) is 27.3 Å². The van der Waals surface area contributed by atoms with Gasteiger partial charge in [0, 0.05) is 26.6 Å². The molecule has 1 N–H and O–H groups in total. The molecule has 0 aromatic heterocycles.